The summed E-state index contributed by atoms with van der Waals surface area (Å²) in [5, 5.41) is 11.7. The van der Waals surface area contributed by atoms with E-state index < -0.39 is 18.1 Å². The fourth-order valence-corrected chi connectivity index (χ4v) is 7.48. The number of likely N-dealkylation sites (N-methyl/N-ethyl adjacent to an activating group) is 1. The van der Waals surface area contributed by atoms with Gasteiger partial charge in [0.2, 0.25) is 0 Å². The third-order valence-corrected chi connectivity index (χ3v) is 11.5. The van der Waals surface area contributed by atoms with E-state index in [2.05, 4.69) is 62.5 Å². The molecular weight excluding hydrogens is 775 g/mol. The molecule has 360 valence electrons. The summed E-state index contributed by atoms with van der Waals surface area (Å²) in [6.45, 7) is 4.64. The van der Waals surface area contributed by atoms with E-state index >= 15 is 0 Å². The second-order valence-electron chi connectivity index (χ2n) is 18.5. The van der Waals surface area contributed by atoms with Gasteiger partial charge in [0.1, 0.15) is 12.6 Å². The highest BCUT2D eigenvalue weighted by atomic mass is 16.6. The average Bonchev–Trinajstić information content (AvgIpc) is 3.23. The monoisotopic (exact) mass is 872 g/mol. The Morgan fingerprint density at radius 1 is 0.484 bits per heavy atom. The number of carboxylic acids is 1. The Labute approximate surface area is 382 Å². The van der Waals surface area contributed by atoms with Gasteiger partial charge < -0.3 is 28.6 Å². The number of hydrogen-bond acceptors (Lipinski definition) is 7. The molecule has 0 rings (SSSR count). The lowest BCUT2D eigenvalue weighted by molar-refractivity contribution is -0.889. The molecule has 0 radical (unpaired) electrons. The van der Waals surface area contributed by atoms with Crippen LogP contribution in [0.5, 0.6) is 0 Å². The number of allylic oxidation sites excluding steroid dienone is 8. The maximum absolute atomic E-state index is 12.8. The van der Waals surface area contributed by atoms with Gasteiger partial charge in [-0.25, -0.2) is 0 Å². The molecule has 0 N–H and O–H groups in total. The number of carbonyl (C=O) groups is 3. The van der Waals surface area contributed by atoms with E-state index in [1.54, 1.807) is 21.1 Å². The van der Waals surface area contributed by atoms with Crippen LogP contribution in [-0.2, 0) is 28.6 Å². The van der Waals surface area contributed by atoms with Gasteiger partial charge in [0.05, 0.1) is 40.3 Å². The third-order valence-electron chi connectivity index (χ3n) is 11.5. The van der Waals surface area contributed by atoms with Gasteiger partial charge in [0, 0.05) is 19.3 Å². The predicted molar refractivity (Wildman–Crippen MR) is 259 cm³/mol. The minimum atomic E-state index is -1.13. The maximum atomic E-state index is 12.8. The van der Waals surface area contributed by atoms with Gasteiger partial charge in [-0.15, -0.1) is 0 Å². The largest absolute Gasteiger partial charge is 0.544 e. The molecule has 0 aromatic heterocycles. The number of hydrogen-bond donors (Lipinski definition) is 0. The summed E-state index contributed by atoms with van der Waals surface area (Å²) in [6, 6.07) is -0.731. The molecular formula is C54H97NO7. The molecule has 0 fully saturated rings. The van der Waals surface area contributed by atoms with Crippen LogP contribution in [0.3, 0.4) is 0 Å². The minimum Gasteiger partial charge on any atom is -0.544 e. The molecule has 0 saturated carbocycles. The second kappa shape index (κ2) is 44.9. The van der Waals surface area contributed by atoms with Crippen molar-refractivity contribution in [2.75, 3.05) is 41.0 Å². The number of esters is 2. The van der Waals surface area contributed by atoms with Gasteiger partial charge in [-0.2, -0.15) is 0 Å². The Balaban J connectivity index is 4.30. The van der Waals surface area contributed by atoms with Crippen molar-refractivity contribution in [1.29, 1.82) is 0 Å². The molecule has 0 spiro atoms. The van der Waals surface area contributed by atoms with Crippen LogP contribution < -0.4 is 5.11 Å². The van der Waals surface area contributed by atoms with Crippen molar-refractivity contribution in [3.05, 3.63) is 48.6 Å². The summed E-state index contributed by atoms with van der Waals surface area (Å²) in [7, 11) is 5.41. The van der Waals surface area contributed by atoms with Crippen molar-refractivity contribution >= 4 is 17.9 Å². The van der Waals surface area contributed by atoms with Crippen molar-refractivity contribution in [2.45, 2.75) is 238 Å². The highest BCUT2D eigenvalue weighted by Gasteiger charge is 2.25. The minimum absolute atomic E-state index is 0.0322. The molecule has 0 aromatic rings. The lowest BCUT2D eigenvalue weighted by atomic mass is 10.1. The fraction of sp³-hybridized carbons (Fsp3) is 0.796. The van der Waals surface area contributed by atoms with Crippen molar-refractivity contribution in [1.82, 2.24) is 0 Å². The van der Waals surface area contributed by atoms with Crippen LogP contribution in [0, 0.1) is 0 Å². The van der Waals surface area contributed by atoms with Crippen molar-refractivity contribution in [3.8, 4) is 0 Å². The van der Waals surface area contributed by atoms with Gasteiger partial charge in [0.15, 0.2) is 6.10 Å². The van der Waals surface area contributed by atoms with E-state index in [9.17, 15) is 19.5 Å². The molecule has 0 aliphatic heterocycles. The Morgan fingerprint density at radius 3 is 1.29 bits per heavy atom. The fourth-order valence-electron chi connectivity index (χ4n) is 7.48. The normalized spacial score (nSPS) is 13.2. The number of quaternary nitrogens is 1. The van der Waals surface area contributed by atoms with Gasteiger partial charge in [-0.1, -0.05) is 191 Å². The van der Waals surface area contributed by atoms with Crippen LogP contribution in [0.15, 0.2) is 48.6 Å². The van der Waals surface area contributed by atoms with Crippen LogP contribution in [0.25, 0.3) is 0 Å². The molecule has 2 atom stereocenters. The highest BCUT2D eigenvalue weighted by Crippen LogP contribution is 2.15. The van der Waals surface area contributed by atoms with Crippen LogP contribution in [0.2, 0.25) is 0 Å². The van der Waals surface area contributed by atoms with Crippen molar-refractivity contribution < 1.29 is 38.2 Å². The summed E-state index contributed by atoms with van der Waals surface area (Å²) in [5.41, 5.74) is 0. The average molecular weight is 872 g/mol. The first kappa shape index (κ1) is 59.3. The Morgan fingerprint density at radius 2 is 0.871 bits per heavy atom. The molecule has 2 unspecified atom stereocenters. The molecule has 0 heterocycles. The van der Waals surface area contributed by atoms with E-state index in [1.807, 2.05) is 0 Å². The van der Waals surface area contributed by atoms with Crippen LogP contribution in [-0.4, -0.2) is 75.5 Å². The molecule has 8 heteroatoms. The second-order valence-corrected chi connectivity index (χ2v) is 18.5. The molecule has 0 aliphatic rings. The summed E-state index contributed by atoms with van der Waals surface area (Å²) >= 11 is 0. The number of aliphatic carboxylic acids is 1. The standard InChI is InChI=1S/C54H97NO7/c1-6-8-10-12-14-16-18-20-22-24-26-27-29-31-33-35-37-39-41-43-45-53(57)62-50(48-60-47-46-51(54(58)59)55(3,4)5)49-61-52(56)44-42-40-38-36-34-32-30-28-25-23-21-19-17-15-13-11-9-7-2/h19,21,23,25-28,30,50-51H,6-18,20,22,24,29,31-49H2,1-5H3/b21-19+,25-23+,27-26+,30-28+. The molecule has 0 bridgehead atoms. The van der Waals surface area contributed by atoms with Gasteiger partial charge >= 0.3 is 11.9 Å². The van der Waals surface area contributed by atoms with Gasteiger partial charge in [0.25, 0.3) is 0 Å². The first-order valence-electron chi connectivity index (χ1n) is 25.7. The van der Waals surface area contributed by atoms with E-state index in [1.165, 1.54) is 128 Å². The third kappa shape index (κ3) is 42.6. The number of carboxylic acid groups (broad SMARTS) is 1. The van der Waals surface area contributed by atoms with Crippen molar-refractivity contribution in [3.63, 3.8) is 0 Å². The quantitative estimate of drug-likeness (QED) is 0.0197. The highest BCUT2D eigenvalue weighted by molar-refractivity contribution is 5.70. The van der Waals surface area contributed by atoms with Crippen LogP contribution in [0.4, 0.5) is 0 Å². The topological polar surface area (TPSA) is 102 Å². The van der Waals surface area contributed by atoms with E-state index in [-0.39, 0.29) is 42.7 Å². The summed E-state index contributed by atoms with van der Waals surface area (Å²) in [6.07, 6.45) is 54.2. The first-order valence-corrected chi connectivity index (χ1v) is 25.7. The van der Waals surface area contributed by atoms with Crippen molar-refractivity contribution in [2.24, 2.45) is 0 Å². The summed E-state index contributed by atoms with van der Waals surface area (Å²) in [4.78, 5) is 37.0. The Kier molecular flexibility index (Phi) is 42.9. The van der Waals surface area contributed by atoms with Gasteiger partial charge in [-0.3, -0.25) is 9.59 Å². The van der Waals surface area contributed by atoms with E-state index in [0.29, 0.717) is 12.8 Å². The lowest BCUT2D eigenvalue weighted by Crippen LogP contribution is -2.55. The van der Waals surface area contributed by atoms with Gasteiger partial charge in [-0.05, 0) is 64.2 Å². The lowest BCUT2D eigenvalue weighted by Gasteiger charge is -2.34. The zero-order chi connectivity index (χ0) is 45.6. The molecule has 0 aromatic carbocycles. The van der Waals surface area contributed by atoms with Crippen LogP contribution in [0.1, 0.15) is 226 Å². The summed E-state index contributed by atoms with van der Waals surface area (Å²) < 4.78 is 17.2. The number of ether oxygens (including phenoxy) is 3. The molecule has 8 nitrogen and oxygen atoms in total. The first-order chi connectivity index (χ1) is 30.1. The smallest absolute Gasteiger partial charge is 0.306 e. The zero-order valence-corrected chi connectivity index (χ0v) is 41.0. The summed E-state index contributed by atoms with van der Waals surface area (Å²) in [5.74, 6) is -1.76. The Hall–Kier alpha value is -2.71. The number of rotatable bonds is 46. The zero-order valence-electron chi connectivity index (χ0n) is 41.0. The molecule has 0 saturated heterocycles. The molecule has 0 amide bonds. The molecule has 62 heavy (non-hydrogen) atoms. The Bertz CT molecular complexity index is 1150. The molecule has 0 aliphatic carbocycles. The van der Waals surface area contributed by atoms with E-state index in [0.717, 1.165) is 64.2 Å². The number of carbonyl (C=O) groups excluding carboxylic acids is 3. The predicted octanol–water partition coefficient (Wildman–Crippen LogP) is 13.4. The number of unbranched alkanes of at least 4 members (excludes halogenated alkanes) is 26. The van der Waals surface area contributed by atoms with E-state index in [4.69, 9.17) is 14.2 Å². The SMILES string of the molecule is CCCCCCC/C=C/C=C/C=C/CCCCCCCC(=O)OCC(COCCC(C(=O)[O-])[N+](C)(C)C)OC(=O)CCCCCCCCC/C=C/CCCCCCCCCCC. The number of nitrogens with zero attached hydrogens (tertiary/aromatic N) is 1. The van der Waals surface area contributed by atoms with Crippen LogP contribution >= 0.6 is 0 Å². The maximum Gasteiger partial charge on any atom is 0.306 e.